The summed E-state index contributed by atoms with van der Waals surface area (Å²) in [5, 5.41) is 0.525. The summed E-state index contributed by atoms with van der Waals surface area (Å²) < 4.78 is 11.2. The van der Waals surface area contributed by atoms with Crippen molar-refractivity contribution in [2.45, 2.75) is 33.1 Å². The lowest BCUT2D eigenvalue weighted by molar-refractivity contribution is 0.409. The van der Waals surface area contributed by atoms with Crippen molar-refractivity contribution in [3.63, 3.8) is 0 Å². The second-order valence-corrected chi connectivity index (χ2v) is 14.4. The Morgan fingerprint density at radius 2 is 0.800 bits per heavy atom. The molecule has 0 saturated heterocycles. The van der Waals surface area contributed by atoms with E-state index in [-0.39, 0.29) is 10.5 Å². The average molecular weight is 691 g/mol. The number of methoxy groups -OCH3 is 2. The molecule has 2 unspecified atom stereocenters. The van der Waals surface area contributed by atoms with E-state index in [0.717, 1.165) is 47.1 Å². The molecule has 0 aliphatic carbocycles. The predicted octanol–water partition coefficient (Wildman–Crippen LogP) is 12.1. The standard InChI is InChI=1S/2C22H19NOS/c2*1-24-20-13-7-5-11-17(20)22-15-19(16-9-3-2-4-10-16)23-18-12-6-8-14-21(18)25-22/h2*2-14,22H,15H2,1H3. The maximum atomic E-state index is 5.62. The summed E-state index contributed by atoms with van der Waals surface area (Å²) in [6, 6.07) is 54.2. The fraction of sp³-hybridized carbons (Fsp3) is 0.136. The highest BCUT2D eigenvalue weighted by Crippen LogP contribution is 2.49. The molecule has 0 radical (unpaired) electrons. The SMILES string of the molecule is COc1ccccc1C1CC(c2ccccc2)=Nc2ccccc2S1.COc1ccccc1C1CC(c2ccccc2)=Nc2ccccc2S1. The van der Waals surface area contributed by atoms with Gasteiger partial charge in [0.2, 0.25) is 0 Å². The first-order valence-electron chi connectivity index (χ1n) is 16.7. The quantitative estimate of drug-likeness (QED) is 0.174. The second-order valence-electron chi connectivity index (χ2n) is 11.9. The van der Waals surface area contributed by atoms with Crippen molar-refractivity contribution in [2.75, 3.05) is 14.2 Å². The summed E-state index contributed by atoms with van der Waals surface area (Å²) in [4.78, 5) is 12.4. The fourth-order valence-corrected chi connectivity index (χ4v) is 8.78. The number of hydrogen-bond acceptors (Lipinski definition) is 6. The molecule has 8 rings (SSSR count). The lowest BCUT2D eigenvalue weighted by Gasteiger charge is -2.18. The van der Waals surface area contributed by atoms with Crippen LogP contribution in [0, 0.1) is 0 Å². The van der Waals surface area contributed by atoms with Crippen LogP contribution in [0.1, 0.15) is 45.6 Å². The first kappa shape index (κ1) is 33.5. The molecule has 2 heterocycles. The average Bonchev–Trinajstić information content (AvgIpc) is 3.51. The Bertz CT molecular complexity index is 1960. The minimum Gasteiger partial charge on any atom is -0.496 e. The van der Waals surface area contributed by atoms with Gasteiger partial charge in [0.15, 0.2) is 0 Å². The zero-order valence-corrected chi connectivity index (χ0v) is 29.7. The van der Waals surface area contributed by atoms with Crippen LogP contribution >= 0.6 is 23.5 Å². The van der Waals surface area contributed by atoms with Gasteiger partial charge in [-0.05, 0) is 47.5 Å². The number of thioether (sulfide) groups is 2. The number of para-hydroxylation sites is 4. The van der Waals surface area contributed by atoms with Crippen molar-refractivity contribution in [1.82, 2.24) is 0 Å². The number of benzene rings is 6. The molecule has 4 nitrogen and oxygen atoms in total. The van der Waals surface area contributed by atoms with Crippen molar-refractivity contribution in [3.05, 3.63) is 180 Å². The topological polar surface area (TPSA) is 43.2 Å². The van der Waals surface area contributed by atoms with Gasteiger partial charge in [0.1, 0.15) is 11.5 Å². The van der Waals surface area contributed by atoms with Gasteiger partial charge in [-0.2, -0.15) is 0 Å². The molecule has 2 aliphatic rings. The molecule has 0 saturated carbocycles. The number of hydrogen-bond donors (Lipinski definition) is 0. The van der Waals surface area contributed by atoms with E-state index in [0.29, 0.717) is 0 Å². The smallest absolute Gasteiger partial charge is 0.123 e. The van der Waals surface area contributed by atoms with Gasteiger partial charge in [-0.15, -0.1) is 23.5 Å². The van der Waals surface area contributed by atoms with Gasteiger partial charge in [-0.25, -0.2) is 0 Å². The highest BCUT2D eigenvalue weighted by molar-refractivity contribution is 8.00. The molecule has 6 aromatic rings. The first-order valence-corrected chi connectivity index (χ1v) is 18.5. The number of nitrogens with zero attached hydrogens (tertiary/aromatic N) is 2. The minimum atomic E-state index is 0.263. The van der Waals surface area contributed by atoms with E-state index < -0.39 is 0 Å². The maximum absolute atomic E-state index is 5.62. The number of fused-ring (bicyclic) bond motifs is 2. The number of aliphatic imine (C=N–C) groups is 2. The van der Waals surface area contributed by atoms with Gasteiger partial charge < -0.3 is 9.47 Å². The van der Waals surface area contributed by atoms with Crippen LogP contribution in [0.5, 0.6) is 11.5 Å². The molecule has 0 fully saturated rings. The van der Waals surface area contributed by atoms with Crippen molar-refractivity contribution in [1.29, 1.82) is 0 Å². The van der Waals surface area contributed by atoms with E-state index in [1.165, 1.54) is 32.0 Å². The van der Waals surface area contributed by atoms with Gasteiger partial charge in [-0.1, -0.05) is 121 Å². The summed E-state index contributed by atoms with van der Waals surface area (Å²) in [6.45, 7) is 0. The lowest BCUT2D eigenvalue weighted by atomic mass is 10.0. The molecule has 2 aliphatic heterocycles. The van der Waals surface area contributed by atoms with E-state index in [1.807, 2.05) is 59.9 Å². The largest absolute Gasteiger partial charge is 0.496 e. The summed E-state index contributed by atoms with van der Waals surface area (Å²) in [7, 11) is 3.47. The highest BCUT2D eigenvalue weighted by atomic mass is 32.2. The van der Waals surface area contributed by atoms with E-state index in [4.69, 9.17) is 19.5 Å². The predicted molar refractivity (Wildman–Crippen MR) is 211 cm³/mol. The van der Waals surface area contributed by atoms with Gasteiger partial charge in [0.05, 0.1) is 25.6 Å². The van der Waals surface area contributed by atoms with E-state index >= 15 is 0 Å². The molecule has 0 amide bonds. The molecule has 0 aromatic heterocycles. The zero-order valence-electron chi connectivity index (χ0n) is 28.1. The molecule has 0 N–H and O–H groups in total. The molecule has 6 aromatic carbocycles. The summed E-state index contributed by atoms with van der Waals surface area (Å²) >= 11 is 3.73. The third kappa shape index (κ3) is 7.72. The Hall–Kier alpha value is -5.04. The zero-order chi connectivity index (χ0) is 34.1. The Morgan fingerprint density at radius 3 is 1.22 bits per heavy atom. The van der Waals surface area contributed by atoms with Gasteiger partial charge in [-0.3, -0.25) is 9.98 Å². The minimum absolute atomic E-state index is 0.263. The van der Waals surface area contributed by atoms with Crippen molar-refractivity contribution in [2.24, 2.45) is 9.98 Å². The Balaban J connectivity index is 0.000000157. The van der Waals surface area contributed by atoms with E-state index in [1.54, 1.807) is 14.2 Å². The molecule has 0 bridgehead atoms. The van der Waals surface area contributed by atoms with Crippen LogP contribution in [0.15, 0.2) is 178 Å². The molecule has 0 spiro atoms. The normalized spacial score (nSPS) is 16.5. The molecule has 50 heavy (non-hydrogen) atoms. The third-order valence-corrected chi connectivity index (χ3v) is 11.3. The molecular formula is C44H38N2O2S2. The highest BCUT2D eigenvalue weighted by Gasteiger charge is 2.26. The summed E-state index contributed by atoms with van der Waals surface area (Å²) in [5.41, 5.74) is 9.13. The number of rotatable bonds is 6. The van der Waals surface area contributed by atoms with Crippen LogP contribution in [0.4, 0.5) is 11.4 Å². The van der Waals surface area contributed by atoms with Gasteiger partial charge in [0, 0.05) is 55.7 Å². The van der Waals surface area contributed by atoms with Crippen LogP contribution < -0.4 is 9.47 Å². The fourth-order valence-electron chi connectivity index (χ4n) is 6.26. The lowest BCUT2D eigenvalue weighted by Crippen LogP contribution is -2.06. The Kier molecular flexibility index (Phi) is 10.8. The van der Waals surface area contributed by atoms with Gasteiger partial charge >= 0.3 is 0 Å². The Morgan fingerprint density at radius 1 is 0.440 bits per heavy atom. The van der Waals surface area contributed by atoms with Crippen molar-refractivity contribution in [3.8, 4) is 11.5 Å². The van der Waals surface area contributed by atoms with E-state index in [2.05, 4.69) is 121 Å². The van der Waals surface area contributed by atoms with Crippen LogP contribution in [-0.4, -0.2) is 25.6 Å². The van der Waals surface area contributed by atoms with Crippen molar-refractivity contribution >= 4 is 46.3 Å². The van der Waals surface area contributed by atoms with Crippen LogP contribution in [0.2, 0.25) is 0 Å². The Labute approximate surface area is 303 Å². The van der Waals surface area contributed by atoms with Gasteiger partial charge in [0.25, 0.3) is 0 Å². The van der Waals surface area contributed by atoms with Crippen LogP contribution in [0.25, 0.3) is 0 Å². The van der Waals surface area contributed by atoms with Crippen LogP contribution in [-0.2, 0) is 0 Å². The summed E-state index contributed by atoms with van der Waals surface area (Å²) in [6.07, 6.45) is 1.73. The van der Waals surface area contributed by atoms with E-state index in [9.17, 15) is 0 Å². The molecular weight excluding hydrogens is 653 g/mol. The monoisotopic (exact) mass is 690 g/mol. The number of ether oxygens (including phenoxy) is 2. The summed E-state index contributed by atoms with van der Waals surface area (Å²) in [5.74, 6) is 1.87. The molecule has 6 heteroatoms. The van der Waals surface area contributed by atoms with Crippen LogP contribution in [0.3, 0.4) is 0 Å². The van der Waals surface area contributed by atoms with Crippen molar-refractivity contribution < 1.29 is 9.47 Å². The molecule has 2 atom stereocenters. The molecule has 248 valence electrons. The maximum Gasteiger partial charge on any atom is 0.123 e. The third-order valence-electron chi connectivity index (χ3n) is 8.72. The first-order chi connectivity index (χ1) is 24.7. The second kappa shape index (κ2) is 16.1.